The third-order valence-electron chi connectivity index (χ3n) is 6.91. The maximum absolute atomic E-state index is 12.8. The van der Waals surface area contributed by atoms with Crippen LogP contribution in [0.5, 0.6) is 23.0 Å². The molecule has 0 spiro atoms. The molecule has 0 radical (unpaired) electrons. The van der Waals surface area contributed by atoms with E-state index >= 15 is 0 Å². The summed E-state index contributed by atoms with van der Waals surface area (Å²) in [7, 11) is 0. The molecule has 0 saturated carbocycles. The second-order valence-electron chi connectivity index (χ2n) is 10.7. The van der Waals surface area contributed by atoms with Gasteiger partial charge in [-0.05, 0) is 122 Å². The normalized spacial score (nSPS) is 10.3. The summed E-state index contributed by atoms with van der Waals surface area (Å²) >= 11 is 1.03. The molecule has 0 aliphatic carbocycles. The average molecular weight is 725 g/mol. The lowest BCUT2D eigenvalue weighted by molar-refractivity contribution is -0.138. The Bertz CT molecular complexity index is 1830. The number of carbonyl (C=O) groups is 5. The summed E-state index contributed by atoms with van der Waals surface area (Å²) in [5, 5.41) is -0.171. The molecule has 0 atom stereocenters. The van der Waals surface area contributed by atoms with Gasteiger partial charge in [-0.3, -0.25) is 4.79 Å². The average Bonchev–Trinajstić information content (AvgIpc) is 3.17. The Kier molecular flexibility index (Phi) is 15.3. The molecule has 0 fully saturated rings. The molecule has 4 rings (SSSR count). The van der Waals surface area contributed by atoms with E-state index in [1.54, 1.807) is 72.8 Å². The third-order valence-corrected chi connectivity index (χ3v) is 7.84. The minimum absolute atomic E-state index is 0.171. The van der Waals surface area contributed by atoms with Gasteiger partial charge in [0.05, 0.1) is 37.6 Å². The van der Waals surface area contributed by atoms with Crippen molar-refractivity contribution >= 4 is 40.8 Å². The van der Waals surface area contributed by atoms with E-state index < -0.39 is 23.9 Å². The number of unbranched alkanes of at least 4 members (excludes halogenated alkanes) is 1. The van der Waals surface area contributed by atoms with E-state index in [2.05, 4.69) is 13.2 Å². The number of hydrogen-bond acceptors (Lipinski definition) is 12. The lowest BCUT2D eigenvalue weighted by Crippen LogP contribution is -2.10. The van der Waals surface area contributed by atoms with Crippen LogP contribution in [0.2, 0.25) is 0 Å². The maximum atomic E-state index is 12.8. The molecular weight excluding hydrogens is 688 g/mol. The fourth-order valence-corrected chi connectivity index (χ4v) is 4.95. The first-order chi connectivity index (χ1) is 25.2. The van der Waals surface area contributed by atoms with Gasteiger partial charge in [-0.25, -0.2) is 19.2 Å². The van der Waals surface area contributed by atoms with Gasteiger partial charge < -0.3 is 28.4 Å². The number of thioether (sulfide) groups is 1. The van der Waals surface area contributed by atoms with Crippen LogP contribution in [0.4, 0.5) is 0 Å². The first-order valence-electron chi connectivity index (χ1n) is 16.1. The van der Waals surface area contributed by atoms with Crippen molar-refractivity contribution in [3.05, 3.63) is 139 Å². The van der Waals surface area contributed by atoms with Crippen LogP contribution in [-0.4, -0.2) is 55.4 Å². The Hall–Kier alpha value is -6.14. The lowest BCUT2D eigenvalue weighted by atomic mass is 10.2. The zero-order chi connectivity index (χ0) is 37.1. The highest BCUT2D eigenvalue weighted by molar-refractivity contribution is 8.14. The van der Waals surface area contributed by atoms with Crippen molar-refractivity contribution in [2.24, 2.45) is 0 Å². The number of ether oxygens (including phenoxy) is 6. The van der Waals surface area contributed by atoms with Gasteiger partial charge in [-0.1, -0.05) is 13.2 Å². The Balaban J connectivity index is 1.17. The summed E-state index contributed by atoms with van der Waals surface area (Å²) in [5.74, 6) is -0.441. The van der Waals surface area contributed by atoms with Gasteiger partial charge in [-0.2, -0.15) is 0 Å². The van der Waals surface area contributed by atoms with Crippen molar-refractivity contribution in [2.45, 2.75) is 24.2 Å². The molecule has 0 aliphatic rings. The Morgan fingerprint density at radius 1 is 0.481 bits per heavy atom. The zero-order valence-electron chi connectivity index (χ0n) is 28.2. The first-order valence-corrected chi connectivity index (χ1v) is 17.0. The number of hydrogen-bond donors (Lipinski definition) is 0. The number of benzene rings is 4. The van der Waals surface area contributed by atoms with E-state index in [1.807, 2.05) is 0 Å². The van der Waals surface area contributed by atoms with Gasteiger partial charge in [0.25, 0.3) is 0 Å². The molecule has 4 aromatic carbocycles. The fraction of sp³-hybridized carbons (Fsp3) is 0.175. The molecule has 0 unspecified atom stereocenters. The first kappa shape index (κ1) is 38.7. The van der Waals surface area contributed by atoms with Gasteiger partial charge in [0.15, 0.2) is 0 Å². The molecule has 4 aromatic rings. The van der Waals surface area contributed by atoms with Crippen molar-refractivity contribution in [2.75, 3.05) is 26.4 Å². The summed E-state index contributed by atoms with van der Waals surface area (Å²) < 4.78 is 31.9. The molecule has 0 amide bonds. The SMILES string of the molecule is C=CC(=O)OCCCCOc1ccc(C(=O)Sc2ccc(C(=O)Oc3ccc(OC(=O)c4ccc(OCCCOC(=O)C=C)cc4)cc3)cc2)cc1. The van der Waals surface area contributed by atoms with Gasteiger partial charge >= 0.3 is 23.9 Å². The van der Waals surface area contributed by atoms with Crippen LogP contribution in [0.1, 0.15) is 50.3 Å². The van der Waals surface area contributed by atoms with Crippen LogP contribution in [0.3, 0.4) is 0 Å². The minimum atomic E-state index is -0.596. The monoisotopic (exact) mass is 724 g/mol. The van der Waals surface area contributed by atoms with E-state index in [0.29, 0.717) is 66.6 Å². The summed E-state index contributed by atoms with van der Waals surface area (Å²) in [6, 6.07) is 25.7. The van der Waals surface area contributed by atoms with Crippen molar-refractivity contribution in [1.29, 1.82) is 0 Å². The number of esters is 4. The third kappa shape index (κ3) is 13.0. The van der Waals surface area contributed by atoms with E-state index in [1.165, 1.54) is 24.3 Å². The highest BCUT2D eigenvalue weighted by Gasteiger charge is 2.13. The van der Waals surface area contributed by atoms with Crippen molar-refractivity contribution in [3.63, 3.8) is 0 Å². The molecule has 0 saturated heterocycles. The molecule has 0 bridgehead atoms. The maximum Gasteiger partial charge on any atom is 0.343 e. The zero-order valence-corrected chi connectivity index (χ0v) is 29.0. The van der Waals surface area contributed by atoms with Crippen LogP contribution >= 0.6 is 11.8 Å². The topological polar surface area (TPSA) is 141 Å². The van der Waals surface area contributed by atoms with Gasteiger partial charge in [0.2, 0.25) is 5.12 Å². The Morgan fingerprint density at radius 3 is 1.35 bits per heavy atom. The van der Waals surface area contributed by atoms with Crippen molar-refractivity contribution in [1.82, 2.24) is 0 Å². The summed E-state index contributed by atoms with van der Waals surface area (Å²) in [4.78, 5) is 60.8. The standard InChI is InChI=1S/C40H36O11S/c1-3-36(41)48-25-6-5-24-46-32-16-10-30(11-17-32)40(45)52-35-22-12-29(13-23-35)39(44)51-34-20-18-33(19-21-34)50-38(43)28-8-14-31(15-9-28)47-26-7-27-49-37(42)4-2/h3-4,8-23H,1-2,5-7,24-27H2. The van der Waals surface area contributed by atoms with Crippen molar-refractivity contribution < 1.29 is 52.4 Å². The van der Waals surface area contributed by atoms with Crippen molar-refractivity contribution in [3.8, 4) is 23.0 Å². The second kappa shape index (κ2) is 20.5. The predicted octanol–water partition coefficient (Wildman–Crippen LogP) is 7.44. The molecule has 0 N–H and O–H groups in total. The molecule has 11 nitrogen and oxygen atoms in total. The van der Waals surface area contributed by atoms with Gasteiger partial charge in [0, 0.05) is 29.0 Å². The van der Waals surface area contributed by atoms with E-state index in [4.69, 9.17) is 28.4 Å². The van der Waals surface area contributed by atoms with Gasteiger partial charge in [0.1, 0.15) is 23.0 Å². The molecule has 12 heteroatoms. The molecular formula is C40H36O11S. The molecule has 268 valence electrons. The lowest BCUT2D eigenvalue weighted by Gasteiger charge is -2.09. The highest BCUT2D eigenvalue weighted by Crippen LogP contribution is 2.26. The van der Waals surface area contributed by atoms with Crippen LogP contribution < -0.4 is 18.9 Å². The molecule has 0 aromatic heterocycles. The van der Waals surface area contributed by atoms with Crippen LogP contribution in [0.25, 0.3) is 0 Å². The highest BCUT2D eigenvalue weighted by atomic mass is 32.2. The summed E-state index contributed by atoms with van der Waals surface area (Å²) in [6.07, 6.45) is 4.08. The second-order valence-corrected chi connectivity index (χ2v) is 11.8. The number of rotatable bonds is 19. The number of carbonyl (C=O) groups excluding carboxylic acids is 5. The predicted molar refractivity (Wildman–Crippen MR) is 193 cm³/mol. The molecule has 52 heavy (non-hydrogen) atoms. The molecule has 0 aliphatic heterocycles. The summed E-state index contributed by atoms with van der Waals surface area (Å²) in [6.45, 7) is 7.95. The minimum Gasteiger partial charge on any atom is -0.494 e. The van der Waals surface area contributed by atoms with Crippen LogP contribution in [0, 0.1) is 0 Å². The Morgan fingerprint density at radius 2 is 0.865 bits per heavy atom. The molecule has 0 heterocycles. The van der Waals surface area contributed by atoms with E-state index in [-0.39, 0.29) is 28.8 Å². The van der Waals surface area contributed by atoms with E-state index in [0.717, 1.165) is 23.9 Å². The van der Waals surface area contributed by atoms with Crippen LogP contribution in [-0.2, 0) is 19.1 Å². The largest absolute Gasteiger partial charge is 0.494 e. The van der Waals surface area contributed by atoms with Gasteiger partial charge in [-0.15, -0.1) is 0 Å². The summed E-state index contributed by atoms with van der Waals surface area (Å²) in [5.41, 5.74) is 1.09. The van der Waals surface area contributed by atoms with Crippen LogP contribution in [0.15, 0.2) is 127 Å². The Labute approximate surface area is 305 Å². The smallest absolute Gasteiger partial charge is 0.343 e. The fourth-order valence-electron chi connectivity index (χ4n) is 4.21. The quantitative estimate of drug-likeness (QED) is 0.0312. The van der Waals surface area contributed by atoms with E-state index in [9.17, 15) is 24.0 Å².